The Labute approximate surface area is 116 Å². The van der Waals surface area contributed by atoms with Gasteiger partial charge < -0.3 is 9.73 Å². The largest absolute Gasteiger partial charge is 0.457 e. The Bertz CT molecular complexity index is 394. The Morgan fingerprint density at radius 3 is 2.78 bits per heavy atom. The van der Waals surface area contributed by atoms with E-state index in [4.69, 9.17) is 4.42 Å². The van der Waals surface area contributed by atoms with Crippen LogP contribution in [0.15, 0.2) is 21.4 Å². The van der Waals surface area contributed by atoms with Crippen LogP contribution in [0.4, 0.5) is 0 Å². The number of carbonyl (C=O) groups is 1. The van der Waals surface area contributed by atoms with Crippen LogP contribution in [0.3, 0.4) is 0 Å². The van der Waals surface area contributed by atoms with E-state index < -0.39 is 0 Å². The predicted octanol–water partition coefficient (Wildman–Crippen LogP) is 3.99. The molecule has 3 nitrogen and oxygen atoms in total. The molecule has 1 aromatic heterocycles. The summed E-state index contributed by atoms with van der Waals surface area (Å²) in [6, 6.07) is 1.68. The highest BCUT2D eigenvalue weighted by Gasteiger charge is 2.18. The van der Waals surface area contributed by atoms with Crippen LogP contribution in [0.2, 0.25) is 0 Å². The molecular formula is C14H20BrNO2. The molecule has 1 heterocycles. The lowest BCUT2D eigenvalue weighted by Crippen LogP contribution is -2.26. The van der Waals surface area contributed by atoms with Crippen molar-refractivity contribution in [3.05, 3.63) is 22.6 Å². The van der Waals surface area contributed by atoms with Gasteiger partial charge in [0.15, 0.2) is 4.67 Å². The van der Waals surface area contributed by atoms with Crippen molar-refractivity contribution in [2.75, 3.05) is 6.54 Å². The quantitative estimate of drug-likeness (QED) is 0.913. The van der Waals surface area contributed by atoms with Crippen LogP contribution in [-0.4, -0.2) is 12.5 Å². The second-order valence-corrected chi connectivity index (χ2v) is 6.00. The zero-order chi connectivity index (χ0) is 13.0. The molecular weight excluding hydrogens is 294 g/mol. The third-order valence-corrected chi connectivity index (χ3v) is 4.45. The fourth-order valence-corrected chi connectivity index (χ4v) is 2.98. The van der Waals surface area contributed by atoms with Crippen molar-refractivity contribution in [2.45, 2.75) is 39.0 Å². The number of amides is 1. The van der Waals surface area contributed by atoms with E-state index in [0.717, 1.165) is 24.8 Å². The minimum absolute atomic E-state index is 0.0557. The third kappa shape index (κ3) is 3.61. The Morgan fingerprint density at radius 2 is 2.17 bits per heavy atom. The summed E-state index contributed by atoms with van der Waals surface area (Å²) in [6.45, 7) is 3.09. The highest BCUT2D eigenvalue weighted by atomic mass is 79.9. The fourth-order valence-electron chi connectivity index (χ4n) is 2.56. The van der Waals surface area contributed by atoms with Gasteiger partial charge in [0.1, 0.15) is 0 Å². The summed E-state index contributed by atoms with van der Waals surface area (Å²) < 4.78 is 5.56. The standard InChI is InChI=1S/C14H20BrNO2/c1-10-2-4-11(5-3-10)6-8-16-14(17)12-7-9-18-13(12)15/h7,9-11H,2-6,8H2,1H3,(H,16,17). The van der Waals surface area contributed by atoms with Crippen molar-refractivity contribution in [3.8, 4) is 0 Å². The average molecular weight is 314 g/mol. The Balaban J connectivity index is 1.69. The van der Waals surface area contributed by atoms with Crippen molar-refractivity contribution in [2.24, 2.45) is 11.8 Å². The minimum Gasteiger partial charge on any atom is -0.457 e. The van der Waals surface area contributed by atoms with E-state index in [2.05, 4.69) is 28.2 Å². The number of carbonyl (C=O) groups excluding carboxylic acids is 1. The van der Waals surface area contributed by atoms with Gasteiger partial charge >= 0.3 is 0 Å². The fraction of sp³-hybridized carbons (Fsp3) is 0.643. The van der Waals surface area contributed by atoms with E-state index in [1.54, 1.807) is 6.07 Å². The number of hydrogen-bond acceptors (Lipinski definition) is 2. The topological polar surface area (TPSA) is 42.2 Å². The molecule has 1 aliphatic carbocycles. The molecule has 0 unspecified atom stereocenters. The smallest absolute Gasteiger partial charge is 0.255 e. The second-order valence-electron chi connectivity index (χ2n) is 5.28. The number of nitrogens with one attached hydrogen (secondary N) is 1. The van der Waals surface area contributed by atoms with Crippen LogP contribution < -0.4 is 5.32 Å². The molecule has 2 rings (SSSR count). The lowest BCUT2D eigenvalue weighted by molar-refractivity contribution is 0.0948. The van der Waals surface area contributed by atoms with Gasteiger partial charge in [-0.3, -0.25) is 4.79 Å². The molecule has 4 heteroatoms. The van der Waals surface area contributed by atoms with E-state index in [0.29, 0.717) is 10.2 Å². The highest BCUT2D eigenvalue weighted by molar-refractivity contribution is 9.10. The molecule has 1 saturated carbocycles. The monoisotopic (exact) mass is 313 g/mol. The number of furan rings is 1. The first-order valence-corrected chi connectivity index (χ1v) is 7.47. The summed E-state index contributed by atoms with van der Waals surface area (Å²) in [5, 5.41) is 2.96. The highest BCUT2D eigenvalue weighted by Crippen LogP contribution is 2.30. The number of hydrogen-bond donors (Lipinski definition) is 1. The molecule has 0 bridgehead atoms. The normalized spacial score (nSPS) is 23.9. The van der Waals surface area contributed by atoms with Crippen LogP contribution in [0, 0.1) is 11.8 Å². The molecule has 0 radical (unpaired) electrons. The van der Waals surface area contributed by atoms with E-state index in [-0.39, 0.29) is 5.91 Å². The van der Waals surface area contributed by atoms with Crippen molar-refractivity contribution >= 4 is 21.8 Å². The van der Waals surface area contributed by atoms with Crippen molar-refractivity contribution < 1.29 is 9.21 Å². The molecule has 1 aliphatic rings. The summed E-state index contributed by atoms with van der Waals surface area (Å²) in [6.07, 6.45) is 7.91. The lowest BCUT2D eigenvalue weighted by atomic mass is 9.81. The van der Waals surface area contributed by atoms with Crippen LogP contribution in [0.1, 0.15) is 49.4 Å². The van der Waals surface area contributed by atoms with Crippen LogP contribution in [0.5, 0.6) is 0 Å². The molecule has 1 N–H and O–H groups in total. The van der Waals surface area contributed by atoms with Gasteiger partial charge in [0.25, 0.3) is 5.91 Å². The molecule has 1 fully saturated rings. The zero-order valence-corrected chi connectivity index (χ0v) is 12.3. The van der Waals surface area contributed by atoms with E-state index in [9.17, 15) is 4.79 Å². The predicted molar refractivity (Wildman–Crippen MR) is 74.5 cm³/mol. The average Bonchev–Trinajstić information content (AvgIpc) is 2.78. The van der Waals surface area contributed by atoms with Gasteiger partial charge in [-0.1, -0.05) is 32.6 Å². The van der Waals surface area contributed by atoms with Crippen LogP contribution >= 0.6 is 15.9 Å². The summed E-state index contributed by atoms with van der Waals surface area (Å²) in [5.41, 5.74) is 0.576. The molecule has 0 aliphatic heterocycles. The number of rotatable bonds is 4. The summed E-state index contributed by atoms with van der Waals surface area (Å²) >= 11 is 3.21. The van der Waals surface area contributed by atoms with Gasteiger partial charge in [0.2, 0.25) is 0 Å². The summed E-state index contributed by atoms with van der Waals surface area (Å²) in [4.78, 5) is 11.8. The van der Waals surface area contributed by atoms with Gasteiger partial charge in [-0.05, 0) is 40.3 Å². The Morgan fingerprint density at radius 1 is 1.44 bits per heavy atom. The van der Waals surface area contributed by atoms with Gasteiger partial charge in [0.05, 0.1) is 11.8 Å². The van der Waals surface area contributed by atoms with Gasteiger partial charge in [0, 0.05) is 6.54 Å². The first kappa shape index (κ1) is 13.7. The van der Waals surface area contributed by atoms with Crippen LogP contribution in [0.25, 0.3) is 0 Å². The molecule has 1 aromatic rings. The molecule has 0 aromatic carbocycles. The summed E-state index contributed by atoms with van der Waals surface area (Å²) in [7, 11) is 0. The molecule has 0 saturated heterocycles. The first-order valence-electron chi connectivity index (χ1n) is 6.68. The zero-order valence-electron chi connectivity index (χ0n) is 10.7. The van der Waals surface area contributed by atoms with Crippen LogP contribution in [-0.2, 0) is 0 Å². The van der Waals surface area contributed by atoms with E-state index >= 15 is 0 Å². The number of halogens is 1. The Hall–Kier alpha value is -0.770. The Kier molecular flexibility index (Phi) is 4.87. The van der Waals surface area contributed by atoms with Crippen molar-refractivity contribution in [3.63, 3.8) is 0 Å². The lowest BCUT2D eigenvalue weighted by Gasteiger charge is -2.26. The first-order chi connectivity index (χ1) is 8.66. The van der Waals surface area contributed by atoms with Gasteiger partial charge in [-0.15, -0.1) is 0 Å². The molecule has 18 heavy (non-hydrogen) atoms. The van der Waals surface area contributed by atoms with E-state index in [1.807, 2.05) is 0 Å². The van der Waals surface area contributed by atoms with Crippen molar-refractivity contribution in [1.82, 2.24) is 5.32 Å². The SMILES string of the molecule is CC1CCC(CCNC(=O)c2ccoc2Br)CC1. The van der Waals surface area contributed by atoms with Gasteiger partial charge in [-0.25, -0.2) is 0 Å². The molecule has 1 amide bonds. The molecule has 0 spiro atoms. The van der Waals surface area contributed by atoms with Gasteiger partial charge in [-0.2, -0.15) is 0 Å². The maximum absolute atomic E-state index is 11.8. The minimum atomic E-state index is -0.0557. The third-order valence-electron chi connectivity index (χ3n) is 3.84. The maximum Gasteiger partial charge on any atom is 0.255 e. The van der Waals surface area contributed by atoms with E-state index in [1.165, 1.54) is 31.9 Å². The maximum atomic E-state index is 11.8. The summed E-state index contributed by atoms with van der Waals surface area (Å²) in [5.74, 6) is 1.62. The van der Waals surface area contributed by atoms with Crippen molar-refractivity contribution in [1.29, 1.82) is 0 Å². The second kappa shape index (κ2) is 6.41. The molecule has 0 atom stereocenters. The molecule has 100 valence electrons.